The van der Waals surface area contributed by atoms with E-state index >= 15 is 0 Å². The summed E-state index contributed by atoms with van der Waals surface area (Å²) in [5, 5.41) is 19.6. The Morgan fingerprint density at radius 3 is 2.55 bits per heavy atom. The largest absolute Gasteiger partial charge is 0.450 e. The van der Waals surface area contributed by atoms with Crippen LogP contribution < -0.4 is 0 Å². The molecule has 29 heavy (non-hydrogen) atoms. The van der Waals surface area contributed by atoms with Gasteiger partial charge >= 0.3 is 6.09 Å². The molecule has 0 radical (unpaired) electrons. The van der Waals surface area contributed by atoms with E-state index in [1.54, 1.807) is 4.90 Å². The molecule has 1 amide bonds. The van der Waals surface area contributed by atoms with Gasteiger partial charge in [-0.1, -0.05) is 29.8 Å². The second kappa shape index (κ2) is 8.39. The summed E-state index contributed by atoms with van der Waals surface area (Å²) in [6.45, 7) is 3.77. The highest BCUT2D eigenvalue weighted by Crippen LogP contribution is 2.37. The van der Waals surface area contributed by atoms with Crippen molar-refractivity contribution in [1.82, 2.24) is 14.5 Å². The molecule has 1 fully saturated rings. The average Bonchev–Trinajstić information content (AvgIpc) is 3.02. The van der Waals surface area contributed by atoms with Crippen molar-refractivity contribution >= 4 is 11.7 Å². The second-order valence-corrected chi connectivity index (χ2v) is 7.37. The number of rotatable bonds is 3. The van der Waals surface area contributed by atoms with Crippen LogP contribution in [0.15, 0.2) is 29.8 Å². The molecular weight excluding hydrogens is 370 g/mol. The molecule has 2 aromatic rings. The number of benzene rings is 1. The van der Waals surface area contributed by atoms with Crippen LogP contribution in [0.25, 0.3) is 5.57 Å². The molecule has 0 unspecified atom stereocenters. The Hall–Kier alpha value is -2.64. The minimum Gasteiger partial charge on any atom is -0.450 e. The fraction of sp³-hybridized carbons (Fsp3) is 0.455. The van der Waals surface area contributed by atoms with Crippen molar-refractivity contribution in [3.63, 3.8) is 0 Å². The number of piperidine rings is 1. The van der Waals surface area contributed by atoms with Crippen LogP contribution in [0.3, 0.4) is 0 Å². The molecule has 0 bridgehead atoms. The molecule has 1 aromatic carbocycles. The van der Waals surface area contributed by atoms with Gasteiger partial charge < -0.3 is 24.4 Å². The van der Waals surface area contributed by atoms with Crippen LogP contribution >= 0.6 is 0 Å². The standard InChI is InChI=1S/C22H27N3O4/c1-2-29-22(28)24-10-7-16(8-11-24)20-17-6-4-3-5-15(17)9-12-25-19(14-27)18(13-26)23-21(20)25/h3-6,26-27H,2,7-14H2,1H3. The first-order valence-corrected chi connectivity index (χ1v) is 10.2. The van der Waals surface area contributed by atoms with Gasteiger partial charge in [0.05, 0.1) is 31.2 Å². The number of ether oxygens (including phenoxy) is 1. The van der Waals surface area contributed by atoms with E-state index < -0.39 is 0 Å². The van der Waals surface area contributed by atoms with Crippen LogP contribution in [-0.4, -0.2) is 50.5 Å². The highest BCUT2D eigenvalue weighted by molar-refractivity contribution is 5.82. The van der Waals surface area contributed by atoms with Gasteiger partial charge in [0.2, 0.25) is 0 Å². The summed E-state index contributed by atoms with van der Waals surface area (Å²) in [5.74, 6) is 0.808. The molecule has 154 valence electrons. The maximum atomic E-state index is 12.1. The number of aliphatic hydroxyl groups excluding tert-OH is 2. The molecule has 0 spiro atoms. The Morgan fingerprint density at radius 1 is 1.10 bits per heavy atom. The first kappa shape index (κ1) is 19.7. The number of aromatic nitrogens is 2. The molecule has 2 aliphatic heterocycles. The minimum atomic E-state index is -0.260. The Bertz CT molecular complexity index is 938. The molecule has 2 aliphatic rings. The van der Waals surface area contributed by atoms with E-state index in [1.807, 2.05) is 23.6 Å². The number of carbonyl (C=O) groups excluding carboxylic acids is 1. The van der Waals surface area contributed by atoms with Gasteiger partial charge in [-0.3, -0.25) is 0 Å². The number of fused-ring (bicyclic) bond motifs is 2. The average molecular weight is 397 g/mol. The number of hydrogen-bond donors (Lipinski definition) is 2. The minimum absolute atomic E-state index is 0.154. The maximum absolute atomic E-state index is 12.1. The van der Waals surface area contributed by atoms with Crippen LogP contribution in [0, 0.1) is 0 Å². The van der Waals surface area contributed by atoms with Crippen LogP contribution in [0.1, 0.15) is 48.1 Å². The lowest BCUT2D eigenvalue weighted by Crippen LogP contribution is -2.37. The third-order valence-electron chi connectivity index (χ3n) is 5.82. The zero-order valence-corrected chi connectivity index (χ0v) is 16.7. The highest BCUT2D eigenvalue weighted by atomic mass is 16.6. The zero-order valence-electron chi connectivity index (χ0n) is 16.7. The normalized spacial score (nSPS) is 16.3. The van der Waals surface area contributed by atoms with Gasteiger partial charge in [-0.05, 0) is 37.3 Å². The van der Waals surface area contributed by atoms with Crippen LogP contribution in [-0.2, 0) is 30.9 Å². The molecule has 2 N–H and O–H groups in total. The number of aliphatic hydroxyl groups is 2. The SMILES string of the molecule is CCOC(=O)N1CCC(=C2c3ccccc3CCn3c2nc(CO)c3CO)CC1. The predicted octanol–water partition coefficient (Wildman–Crippen LogP) is 2.48. The van der Waals surface area contributed by atoms with Crippen molar-refractivity contribution in [2.45, 2.75) is 45.9 Å². The number of amides is 1. The van der Waals surface area contributed by atoms with E-state index in [-0.39, 0.29) is 19.3 Å². The zero-order chi connectivity index (χ0) is 20.4. The summed E-state index contributed by atoms with van der Waals surface area (Å²) < 4.78 is 7.19. The number of imidazole rings is 1. The molecule has 1 aromatic heterocycles. The molecule has 7 nitrogen and oxygen atoms in total. The number of aryl methyl sites for hydroxylation is 1. The lowest BCUT2D eigenvalue weighted by atomic mass is 9.90. The molecule has 7 heteroatoms. The van der Waals surface area contributed by atoms with E-state index in [0.717, 1.165) is 36.2 Å². The van der Waals surface area contributed by atoms with Gasteiger partial charge in [0.15, 0.2) is 0 Å². The second-order valence-electron chi connectivity index (χ2n) is 7.37. The summed E-state index contributed by atoms with van der Waals surface area (Å²) in [4.78, 5) is 18.6. The molecule has 0 aliphatic carbocycles. The molecule has 1 saturated heterocycles. The van der Waals surface area contributed by atoms with Crippen LogP contribution in [0.2, 0.25) is 0 Å². The first-order chi connectivity index (χ1) is 14.2. The Labute approximate surface area is 170 Å². The van der Waals surface area contributed by atoms with Crippen molar-refractivity contribution < 1.29 is 19.7 Å². The summed E-state index contributed by atoms with van der Waals surface area (Å²) in [7, 11) is 0. The Morgan fingerprint density at radius 2 is 1.86 bits per heavy atom. The Kier molecular flexibility index (Phi) is 5.69. The van der Waals surface area contributed by atoms with Crippen molar-refractivity contribution in [2.75, 3.05) is 19.7 Å². The lowest BCUT2D eigenvalue weighted by Gasteiger charge is -2.29. The van der Waals surface area contributed by atoms with Crippen molar-refractivity contribution in [3.05, 3.63) is 58.2 Å². The number of nitrogens with zero attached hydrogens (tertiary/aromatic N) is 3. The van der Waals surface area contributed by atoms with Gasteiger partial charge in [-0.2, -0.15) is 0 Å². The fourth-order valence-corrected chi connectivity index (χ4v) is 4.38. The predicted molar refractivity (Wildman–Crippen MR) is 108 cm³/mol. The van der Waals surface area contributed by atoms with E-state index in [2.05, 4.69) is 12.1 Å². The number of hydrogen-bond acceptors (Lipinski definition) is 5. The monoisotopic (exact) mass is 397 g/mol. The maximum Gasteiger partial charge on any atom is 0.409 e. The summed E-state index contributed by atoms with van der Waals surface area (Å²) in [6.07, 6.45) is 2.07. The highest BCUT2D eigenvalue weighted by Gasteiger charge is 2.29. The van der Waals surface area contributed by atoms with Crippen LogP contribution in [0.4, 0.5) is 4.79 Å². The van der Waals surface area contributed by atoms with Gasteiger partial charge in [0.25, 0.3) is 0 Å². The number of carbonyl (C=O) groups is 1. The van der Waals surface area contributed by atoms with E-state index in [1.165, 1.54) is 11.1 Å². The van der Waals surface area contributed by atoms with E-state index in [0.29, 0.717) is 37.6 Å². The summed E-state index contributed by atoms with van der Waals surface area (Å²) in [6, 6.07) is 8.34. The molecule has 4 rings (SSSR count). The molecular formula is C22H27N3O4. The van der Waals surface area contributed by atoms with Gasteiger partial charge in [0, 0.05) is 25.2 Å². The molecule has 0 saturated carbocycles. The molecule has 0 atom stereocenters. The van der Waals surface area contributed by atoms with E-state index in [4.69, 9.17) is 9.72 Å². The summed E-state index contributed by atoms with van der Waals surface area (Å²) in [5.41, 5.74) is 5.95. The van der Waals surface area contributed by atoms with E-state index in [9.17, 15) is 15.0 Å². The lowest BCUT2D eigenvalue weighted by molar-refractivity contribution is 0.104. The molecule has 3 heterocycles. The van der Waals surface area contributed by atoms with Gasteiger partial charge in [-0.15, -0.1) is 0 Å². The topological polar surface area (TPSA) is 87.8 Å². The smallest absolute Gasteiger partial charge is 0.409 e. The Balaban J connectivity index is 1.79. The third-order valence-corrected chi connectivity index (χ3v) is 5.82. The summed E-state index contributed by atoms with van der Waals surface area (Å²) >= 11 is 0. The first-order valence-electron chi connectivity index (χ1n) is 10.2. The third kappa shape index (κ3) is 3.56. The fourth-order valence-electron chi connectivity index (χ4n) is 4.38. The number of likely N-dealkylation sites (tertiary alicyclic amines) is 1. The van der Waals surface area contributed by atoms with Gasteiger partial charge in [0.1, 0.15) is 5.82 Å². The van der Waals surface area contributed by atoms with Gasteiger partial charge in [-0.25, -0.2) is 9.78 Å². The quantitative estimate of drug-likeness (QED) is 0.831. The van der Waals surface area contributed by atoms with Crippen LogP contribution in [0.5, 0.6) is 0 Å². The van der Waals surface area contributed by atoms with Crippen molar-refractivity contribution in [2.24, 2.45) is 0 Å². The van der Waals surface area contributed by atoms with Crippen molar-refractivity contribution in [3.8, 4) is 0 Å². The van der Waals surface area contributed by atoms with Crippen molar-refractivity contribution in [1.29, 1.82) is 0 Å².